The number of carboxylic acids is 3. The van der Waals surface area contributed by atoms with E-state index in [9.17, 15) is 34.5 Å². The maximum atomic E-state index is 12.7. The van der Waals surface area contributed by atoms with E-state index >= 15 is 0 Å². The van der Waals surface area contributed by atoms with Gasteiger partial charge in [-0.2, -0.15) is 0 Å². The molecule has 1 aliphatic heterocycles. The molecule has 1 amide bonds. The van der Waals surface area contributed by atoms with Gasteiger partial charge in [0.1, 0.15) is 5.75 Å². The highest BCUT2D eigenvalue weighted by Gasteiger charge is 2.36. The number of rotatable bonds is 21. The lowest BCUT2D eigenvalue weighted by molar-refractivity contribution is -0.116. The Morgan fingerprint density at radius 2 is 1.23 bits per heavy atom. The molecule has 0 radical (unpaired) electrons. The summed E-state index contributed by atoms with van der Waals surface area (Å²) in [4.78, 5) is 47.1. The number of hydrogen-bond acceptors (Lipinski definition) is 6. The lowest BCUT2D eigenvalue weighted by Crippen LogP contribution is -2.13. The fraction of sp³-hybridized carbons (Fsp3) is 0.515. The van der Waals surface area contributed by atoms with E-state index in [1.54, 1.807) is 0 Å². The molecule has 234 valence electrons. The van der Waals surface area contributed by atoms with Crippen molar-refractivity contribution in [3.8, 4) is 11.5 Å². The number of epoxide rings is 1. The third-order valence-electron chi connectivity index (χ3n) is 7.55. The molecule has 0 bridgehead atoms. The van der Waals surface area contributed by atoms with E-state index in [0.717, 1.165) is 37.5 Å². The van der Waals surface area contributed by atoms with Crippen molar-refractivity contribution in [2.45, 2.75) is 109 Å². The highest BCUT2D eigenvalue weighted by atomic mass is 16.6. The van der Waals surface area contributed by atoms with Crippen molar-refractivity contribution in [1.82, 2.24) is 0 Å². The topological polar surface area (TPSA) is 163 Å². The van der Waals surface area contributed by atoms with Crippen LogP contribution in [0.3, 0.4) is 0 Å². The molecule has 0 saturated carbocycles. The molecule has 2 unspecified atom stereocenters. The van der Waals surface area contributed by atoms with Crippen LogP contribution in [0.25, 0.3) is 0 Å². The van der Waals surface area contributed by atoms with Crippen LogP contribution in [0.2, 0.25) is 0 Å². The van der Waals surface area contributed by atoms with Crippen LogP contribution in [0.4, 0.5) is 5.69 Å². The number of benzene rings is 2. The number of hydrogen-bond donors (Lipinski definition) is 4. The first kappa shape index (κ1) is 33.6. The molecule has 2 atom stereocenters. The smallest absolute Gasteiger partial charge is 0.335 e. The second kappa shape index (κ2) is 17.3. The molecular formula is C33H43NO9. The van der Waals surface area contributed by atoms with E-state index < -0.39 is 17.9 Å². The van der Waals surface area contributed by atoms with E-state index in [0.29, 0.717) is 12.5 Å². The van der Waals surface area contributed by atoms with E-state index in [4.69, 9.17) is 9.47 Å². The molecule has 0 aromatic heterocycles. The molecule has 10 heteroatoms. The Morgan fingerprint density at radius 1 is 0.698 bits per heavy atom. The first-order chi connectivity index (χ1) is 20.7. The van der Waals surface area contributed by atoms with Crippen LogP contribution < -0.4 is 10.1 Å². The van der Waals surface area contributed by atoms with Crippen molar-refractivity contribution in [2.24, 2.45) is 0 Å². The third-order valence-corrected chi connectivity index (χ3v) is 7.55. The minimum absolute atomic E-state index is 0.0444. The number of anilines is 1. The van der Waals surface area contributed by atoms with E-state index in [2.05, 4.69) is 12.2 Å². The van der Waals surface area contributed by atoms with Gasteiger partial charge in [-0.15, -0.1) is 0 Å². The lowest BCUT2D eigenvalue weighted by Gasteiger charge is -2.14. The van der Waals surface area contributed by atoms with Crippen LogP contribution in [0.1, 0.15) is 128 Å². The van der Waals surface area contributed by atoms with Crippen LogP contribution in [0.15, 0.2) is 36.4 Å². The second-order valence-corrected chi connectivity index (χ2v) is 11.1. The summed E-state index contributed by atoms with van der Waals surface area (Å²) in [5.41, 5.74) is -0.596. The number of carboxylic acid groups (broad SMARTS) is 3. The fourth-order valence-electron chi connectivity index (χ4n) is 5.07. The molecule has 0 spiro atoms. The summed E-state index contributed by atoms with van der Waals surface area (Å²) in [5, 5.41) is 30.7. The molecule has 2 aromatic carbocycles. The SMILES string of the molecule is CCCCCCCCCCCC1OC1CCCCC(=O)Nc1cc(C(=O)O)ccc1Oc1cc(C(=O)O)cc(C(=O)O)c1. The van der Waals surface area contributed by atoms with Crippen molar-refractivity contribution < 1.29 is 44.0 Å². The van der Waals surface area contributed by atoms with Gasteiger partial charge in [0, 0.05) is 6.42 Å². The van der Waals surface area contributed by atoms with Gasteiger partial charge in [-0.1, -0.05) is 71.1 Å². The zero-order valence-corrected chi connectivity index (χ0v) is 24.8. The van der Waals surface area contributed by atoms with Crippen LogP contribution in [0, 0.1) is 0 Å². The van der Waals surface area contributed by atoms with Gasteiger partial charge in [0.05, 0.1) is 34.6 Å². The van der Waals surface area contributed by atoms with Gasteiger partial charge in [0.25, 0.3) is 0 Å². The maximum absolute atomic E-state index is 12.7. The number of aromatic carboxylic acids is 3. The average molecular weight is 598 g/mol. The van der Waals surface area contributed by atoms with Gasteiger partial charge in [0.2, 0.25) is 5.91 Å². The van der Waals surface area contributed by atoms with Gasteiger partial charge in [0.15, 0.2) is 5.75 Å². The number of ether oxygens (including phenoxy) is 2. The minimum atomic E-state index is -1.34. The van der Waals surface area contributed by atoms with Gasteiger partial charge < -0.3 is 30.1 Å². The number of carbonyl (C=O) groups excluding carboxylic acids is 1. The molecule has 1 fully saturated rings. The van der Waals surface area contributed by atoms with Crippen molar-refractivity contribution >= 4 is 29.5 Å². The molecule has 0 aliphatic carbocycles. The molecule has 43 heavy (non-hydrogen) atoms. The normalized spacial score (nSPS) is 15.6. The summed E-state index contributed by atoms with van der Waals surface area (Å²) < 4.78 is 11.5. The molecule has 1 aliphatic rings. The maximum Gasteiger partial charge on any atom is 0.335 e. The highest BCUT2D eigenvalue weighted by Crippen LogP contribution is 2.33. The van der Waals surface area contributed by atoms with E-state index in [1.807, 2.05) is 0 Å². The van der Waals surface area contributed by atoms with Crippen molar-refractivity contribution in [2.75, 3.05) is 5.32 Å². The molecule has 3 rings (SSSR count). The molecule has 10 nitrogen and oxygen atoms in total. The number of carbonyl (C=O) groups is 4. The number of unbranched alkanes of at least 4 members (excludes halogenated alkanes) is 9. The first-order valence-electron chi connectivity index (χ1n) is 15.3. The zero-order valence-electron chi connectivity index (χ0n) is 24.8. The Labute approximate surface area is 252 Å². The number of nitrogens with one attached hydrogen (secondary N) is 1. The summed E-state index contributed by atoms with van der Waals surface area (Å²) in [6.45, 7) is 2.24. The predicted octanol–water partition coefficient (Wildman–Crippen LogP) is 7.76. The quantitative estimate of drug-likeness (QED) is 0.0831. The first-order valence-corrected chi connectivity index (χ1v) is 15.3. The van der Waals surface area contributed by atoms with Crippen LogP contribution in [-0.2, 0) is 9.53 Å². The summed E-state index contributed by atoms with van der Waals surface area (Å²) in [6.07, 6.45) is 16.0. The minimum Gasteiger partial charge on any atom is -0.478 e. The van der Waals surface area contributed by atoms with Crippen molar-refractivity contribution in [3.05, 3.63) is 53.1 Å². The van der Waals surface area contributed by atoms with Gasteiger partial charge in [-0.05, 0) is 55.7 Å². The van der Waals surface area contributed by atoms with E-state index in [1.165, 1.54) is 76.0 Å². The fourth-order valence-corrected chi connectivity index (χ4v) is 5.07. The summed E-state index contributed by atoms with van der Waals surface area (Å²) in [5.74, 6) is -4.26. The lowest BCUT2D eigenvalue weighted by atomic mass is 10.0. The summed E-state index contributed by atoms with van der Waals surface area (Å²) in [6, 6.07) is 7.13. The van der Waals surface area contributed by atoms with Crippen LogP contribution >= 0.6 is 0 Å². The largest absolute Gasteiger partial charge is 0.478 e. The Morgan fingerprint density at radius 3 is 1.79 bits per heavy atom. The second-order valence-electron chi connectivity index (χ2n) is 11.1. The molecule has 2 aromatic rings. The summed E-state index contributed by atoms with van der Waals surface area (Å²) in [7, 11) is 0. The molecular weight excluding hydrogens is 554 g/mol. The van der Waals surface area contributed by atoms with Gasteiger partial charge in [-0.3, -0.25) is 4.79 Å². The molecule has 1 heterocycles. The van der Waals surface area contributed by atoms with Gasteiger partial charge >= 0.3 is 17.9 Å². The van der Waals surface area contributed by atoms with Crippen molar-refractivity contribution in [1.29, 1.82) is 0 Å². The van der Waals surface area contributed by atoms with Crippen LogP contribution in [0.5, 0.6) is 11.5 Å². The highest BCUT2D eigenvalue weighted by molar-refractivity contribution is 5.96. The number of amides is 1. The third kappa shape index (κ3) is 11.7. The Kier molecular flexibility index (Phi) is 13.5. The zero-order chi connectivity index (χ0) is 31.2. The predicted molar refractivity (Wildman–Crippen MR) is 161 cm³/mol. The van der Waals surface area contributed by atoms with Gasteiger partial charge in [-0.25, -0.2) is 14.4 Å². The Bertz CT molecular complexity index is 1230. The monoisotopic (exact) mass is 597 g/mol. The molecule has 1 saturated heterocycles. The van der Waals surface area contributed by atoms with Crippen molar-refractivity contribution in [3.63, 3.8) is 0 Å². The van der Waals surface area contributed by atoms with Crippen LogP contribution in [-0.4, -0.2) is 51.3 Å². The standard InChI is InChI=1S/C33H43NO9/c1-2-3-4-5-6-7-8-9-10-13-28-29(43-28)14-11-12-15-30(35)34-26-21-22(31(36)37)16-17-27(26)42-25-19-23(32(38)39)18-24(20-25)33(40)41/h16-21,28-29H,2-15H2,1H3,(H,34,35)(H,36,37)(H,38,39)(H,40,41). The Balaban J connectivity index is 1.43. The molecule has 4 N–H and O–H groups in total. The van der Waals surface area contributed by atoms with E-state index in [-0.39, 0.29) is 52.3 Å². The summed E-state index contributed by atoms with van der Waals surface area (Å²) >= 11 is 0. The average Bonchev–Trinajstić information content (AvgIpc) is 3.73. The Hall–Kier alpha value is -3.92.